The molecule has 138 valence electrons. The number of benzene rings is 2. The maximum atomic E-state index is 12.0. The number of ether oxygens (including phenoxy) is 1. The van der Waals surface area contributed by atoms with Crippen LogP contribution < -0.4 is 10.1 Å². The van der Waals surface area contributed by atoms with Crippen LogP contribution in [0.1, 0.15) is 24.0 Å². The van der Waals surface area contributed by atoms with Crippen molar-refractivity contribution in [2.45, 2.75) is 26.3 Å². The quantitative estimate of drug-likeness (QED) is 0.830. The van der Waals surface area contributed by atoms with Crippen molar-refractivity contribution in [3.63, 3.8) is 0 Å². The summed E-state index contributed by atoms with van der Waals surface area (Å²) in [7, 11) is 0. The average Bonchev–Trinajstić information content (AvgIpc) is 2.68. The second-order valence-electron chi connectivity index (χ2n) is 7.06. The fourth-order valence-electron chi connectivity index (χ4n) is 3.36. The van der Waals surface area contributed by atoms with E-state index < -0.39 is 0 Å². The first-order valence-corrected chi connectivity index (χ1v) is 9.42. The van der Waals surface area contributed by atoms with Crippen LogP contribution in [0.15, 0.2) is 54.6 Å². The molecule has 2 aromatic rings. The SMILES string of the molecule is Cc1ccccc1OCC(=O)NCC1CCN(Cc2ccccc2)CC1. The van der Waals surface area contributed by atoms with Gasteiger partial charge in [-0.1, -0.05) is 48.5 Å². The van der Waals surface area contributed by atoms with Gasteiger partial charge in [0.15, 0.2) is 6.61 Å². The lowest BCUT2D eigenvalue weighted by molar-refractivity contribution is -0.123. The van der Waals surface area contributed by atoms with Gasteiger partial charge < -0.3 is 10.1 Å². The Labute approximate surface area is 156 Å². The molecular weight excluding hydrogens is 324 g/mol. The standard InChI is InChI=1S/C22H28N2O2/c1-18-7-5-6-10-21(18)26-17-22(25)23-15-19-11-13-24(14-12-19)16-20-8-3-2-4-9-20/h2-10,19H,11-17H2,1H3,(H,23,25). The Balaban J connectivity index is 1.33. The highest BCUT2D eigenvalue weighted by Gasteiger charge is 2.19. The lowest BCUT2D eigenvalue weighted by Gasteiger charge is -2.32. The first-order chi connectivity index (χ1) is 12.7. The number of aryl methyl sites for hydroxylation is 1. The summed E-state index contributed by atoms with van der Waals surface area (Å²) in [5.41, 5.74) is 2.42. The molecule has 1 heterocycles. The molecule has 0 aliphatic carbocycles. The Morgan fingerprint density at radius 1 is 1.08 bits per heavy atom. The zero-order chi connectivity index (χ0) is 18.2. The molecule has 1 N–H and O–H groups in total. The maximum absolute atomic E-state index is 12.0. The Morgan fingerprint density at radius 2 is 1.77 bits per heavy atom. The van der Waals surface area contributed by atoms with Crippen molar-refractivity contribution in [1.29, 1.82) is 0 Å². The lowest BCUT2D eigenvalue weighted by atomic mass is 9.96. The van der Waals surface area contributed by atoms with E-state index in [1.165, 1.54) is 5.56 Å². The van der Waals surface area contributed by atoms with E-state index in [1.807, 2.05) is 31.2 Å². The number of likely N-dealkylation sites (tertiary alicyclic amines) is 1. The molecule has 3 rings (SSSR count). The fourth-order valence-corrected chi connectivity index (χ4v) is 3.36. The number of hydrogen-bond acceptors (Lipinski definition) is 3. The number of carbonyl (C=O) groups is 1. The predicted molar refractivity (Wildman–Crippen MR) is 104 cm³/mol. The van der Waals surface area contributed by atoms with Crippen molar-refractivity contribution in [3.05, 3.63) is 65.7 Å². The van der Waals surface area contributed by atoms with Crippen molar-refractivity contribution in [3.8, 4) is 5.75 Å². The van der Waals surface area contributed by atoms with E-state index in [1.54, 1.807) is 0 Å². The highest BCUT2D eigenvalue weighted by Crippen LogP contribution is 2.19. The summed E-state index contributed by atoms with van der Waals surface area (Å²) in [6.45, 7) is 6.01. The third kappa shape index (κ3) is 5.60. The van der Waals surface area contributed by atoms with E-state index in [9.17, 15) is 4.79 Å². The van der Waals surface area contributed by atoms with Gasteiger partial charge in [0.1, 0.15) is 5.75 Å². The van der Waals surface area contributed by atoms with Crippen molar-refractivity contribution < 1.29 is 9.53 Å². The van der Waals surface area contributed by atoms with E-state index in [4.69, 9.17) is 4.74 Å². The van der Waals surface area contributed by atoms with Crippen LogP contribution in [0.5, 0.6) is 5.75 Å². The van der Waals surface area contributed by atoms with Crippen LogP contribution in [-0.4, -0.2) is 37.0 Å². The van der Waals surface area contributed by atoms with Crippen LogP contribution in [0.3, 0.4) is 0 Å². The van der Waals surface area contributed by atoms with Gasteiger partial charge in [0.25, 0.3) is 5.91 Å². The molecule has 0 saturated carbocycles. The van der Waals surface area contributed by atoms with Crippen LogP contribution in [0, 0.1) is 12.8 Å². The highest BCUT2D eigenvalue weighted by molar-refractivity contribution is 5.77. The minimum Gasteiger partial charge on any atom is -0.484 e. The van der Waals surface area contributed by atoms with E-state index in [0.29, 0.717) is 5.92 Å². The summed E-state index contributed by atoms with van der Waals surface area (Å²) >= 11 is 0. The number of nitrogens with one attached hydrogen (secondary N) is 1. The zero-order valence-corrected chi connectivity index (χ0v) is 15.5. The van der Waals surface area contributed by atoms with Crippen LogP contribution in [0.25, 0.3) is 0 Å². The van der Waals surface area contributed by atoms with Gasteiger partial charge in [-0.2, -0.15) is 0 Å². The highest BCUT2D eigenvalue weighted by atomic mass is 16.5. The number of piperidine rings is 1. The fraction of sp³-hybridized carbons (Fsp3) is 0.409. The van der Waals surface area contributed by atoms with Gasteiger partial charge in [0, 0.05) is 13.1 Å². The van der Waals surface area contributed by atoms with Crippen LogP contribution >= 0.6 is 0 Å². The number of carbonyl (C=O) groups excluding carboxylic acids is 1. The van der Waals surface area contributed by atoms with Crippen LogP contribution in [0.4, 0.5) is 0 Å². The molecule has 26 heavy (non-hydrogen) atoms. The van der Waals surface area contributed by atoms with Crippen molar-refractivity contribution in [2.24, 2.45) is 5.92 Å². The van der Waals surface area contributed by atoms with Gasteiger partial charge >= 0.3 is 0 Å². The molecule has 0 aromatic heterocycles. The van der Waals surface area contributed by atoms with Crippen LogP contribution in [-0.2, 0) is 11.3 Å². The minimum absolute atomic E-state index is 0.0417. The number of para-hydroxylation sites is 1. The first-order valence-electron chi connectivity index (χ1n) is 9.42. The number of hydrogen-bond donors (Lipinski definition) is 1. The molecule has 0 bridgehead atoms. The van der Waals surface area contributed by atoms with Gasteiger partial charge in [-0.25, -0.2) is 0 Å². The molecule has 0 radical (unpaired) electrons. The Kier molecular flexibility index (Phi) is 6.67. The maximum Gasteiger partial charge on any atom is 0.257 e. The van der Waals surface area contributed by atoms with Gasteiger partial charge in [0.05, 0.1) is 0 Å². The molecule has 1 fully saturated rings. The van der Waals surface area contributed by atoms with Gasteiger partial charge in [0.2, 0.25) is 0 Å². The zero-order valence-electron chi connectivity index (χ0n) is 15.5. The molecular formula is C22H28N2O2. The molecule has 1 saturated heterocycles. The average molecular weight is 352 g/mol. The monoisotopic (exact) mass is 352 g/mol. The Hall–Kier alpha value is -2.33. The lowest BCUT2D eigenvalue weighted by Crippen LogP contribution is -2.39. The number of nitrogens with zero attached hydrogens (tertiary/aromatic N) is 1. The molecule has 4 nitrogen and oxygen atoms in total. The summed E-state index contributed by atoms with van der Waals surface area (Å²) in [5, 5.41) is 3.02. The molecule has 0 spiro atoms. The van der Waals surface area contributed by atoms with Gasteiger partial charge in [-0.3, -0.25) is 9.69 Å². The second-order valence-corrected chi connectivity index (χ2v) is 7.06. The summed E-state index contributed by atoms with van der Waals surface area (Å²) in [5.74, 6) is 1.29. The Morgan fingerprint density at radius 3 is 2.50 bits per heavy atom. The minimum atomic E-state index is -0.0417. The third-order valence-electron chi connectivity index (χ3n) is 5.00. The van der Waals surface area contributed by atoms with Crippen molar-refractivity contribution in [2.75, 3.05) is 26.2 Å². The second kappa shape index (κ2) is 9.39. The third-order valence-corrected chi connectivity index (χ3v) is 5.00. The topological polar surface area (TPSA) is 41.6 Å². The molecule has 0 unspecified atom stereocenters. The molecule has 4 heteroatoms. The van der Waals surface area contributed by atoms with Crippen LogP contribution in [0.2, 0.25) is 0 Å². The number of amides is 1. The first kappa shape index (κ1) is 18.5. The summed E-state index contributed by atoms with van der Waals surface area (Å²) in [6.07, 6.45) is 2.26. The summed E-state index contributed by atoms with van der Waals surface area (Å²) < 4.78 is 5.60. The Bertz CT molecular complexity index is 694. The van der Waals surface area contributed by atoms with E-state index in [0.717, 1.165) is 50.3 Å². The van der Waals surface area contributed by atoms with Crippen molar-refractivity contribution >= 4 is 5.91 Å². The molecule has 1 aliphatic rings. The van der Waals surface area contributed by atoms with E-state index in [-0.39, 0.29) is 12.5 Å². The van der Waals surface area contributed by atoms with Gasteiger partial charge in [-0.05, 0) is 56.0 Å². The molecule has 0 atom stereocenters. The molecule has 1 amide bonds. The summed E-state index contributed by atoms with van der Waals surface area (Å²) in [4.78, 5) is 14.5. The summed E-state index contributed by atoms with van der Waals surface area (Å²) in [6, 6.07) is 18.4. The smallest absolute Gasteiger partial charge is 0.257 e. The van der Waals surface area contributed by atoms with E-state index >= 15 is 0 Å². The molecule has 1 aliphatic heterocycles. The van der Waals surface area contributed by atoms with E-state index in [2.05, 4.69) is 40.5 Å². The largest absolute Gasteiger partial charge is 0.484 e. The predicted octanol–water partition coefficient (Wildman–Crippen LogP) is 3.40. The number of rotatable bonds is 7. The van der Waals surface area contributed by atoms with Gasteiger partial charge in [-0.15, -0.1) is 0 Å². The normalized spacial score (nSPS) is 15.6. The molecule has 2 aromatic carbocycles. The van der Waals surface area contributed by atoms with Crippen molar-refractivity contribution in [1.82, 2.24) is 10.2 Å².